The first-order chi connectivity index (χ1) is 7.34. The summed E-state index contributed by atoms with van der Waals surface area (Å²) < 4.78 is 5.63. The lowest BCUT2D eigenvalue weighted by Crippen LogP contribution is -2.24. The van der Waals surface area contributed by atoms with Crippen LogP contribution in [-0.2, 0) is 0 Å². The van der Waals surface area contributed by atoms with E-state index in [4.69, 9.17) is 16.3 Å². The number of hydrogen-bond donors (Lipinski definition) is 1. The van der Waals surface area contributed by atoms with Crippen LogP contribution in [0.2, 0.25) is 5.02 Å². The molecular weight excluding hydrogens is 210 g/mol. The Balaban J connectivity index is 1.90. The third kappa shape index (κ3) is 3.26. The lowest BCUT2D eigenvalue weighted by Gasteiger charge is -2.14. The van der Waals surface area contributed by atoms with E-state index < -0.39 is 0 Å². The molecule has 1 aromatic carbocycles. The normalized spacial score (nSPS) is 15.9. The molecule has 2 nitrogen and oxygen atoms in total. The topological polar surface area (TPSA) is 21.3 Å². The molecular formula is C12H14ClNO. The van der Waals surface area contributed by atoms with Crippen molar-refractivity contribution < 1.29 is 4.74 Å². The Labute approximate surface area is 94.9 Å². The van der Waals surface area contributed by atoms with Crippen LogP contribution in [0.1, 0.15) is 6.42 Å². The van der Waals surface area contributed by atoms with E-state index in [0.29, 0.717) is 11.6 Å². The minimum absolute atomic E-state index is 0.646. The van der Waals surface area contributed by atoms with E-state index in [1.165, 1.54) is 5.57 Å². The summed E-state index contributed by atoms with van der Waals surface area (Å²) in [6, 6.07) is 7.49. The molecule has 1 aliphatic rings. The zero-order chi connectivity index (χ0) is 10.5. The summed E-state index contributed by atoms with van der Waals surface area (Å²) in [4.78, 5) is 0. The molecule has 0 aromatic heterocycles. The first kappa shape index (κ1) is 10.5. The number of rotatable bonds is 3. The zero-order valence-corrected chi connectivity index (χ0v) is 9.26. The van der Waals surface area contributed by atoms with Gasteiger partial charge in [0.2, 0.25) is 0 Å². The highest BCUT2D eigenvalue weighted by atomic mass is 35.5. The standard InChI is InChI=1S/C12H14ClNO/c13-11-4-1-5-12(7-11)15-9-10-3-2-6-14-8-10/h1,3-5,7,14H,2,6,8-9H2. The molecule has 1 aliphatic heterocycles. The first-order valence-electron chi connectivity index (χ1n) is 5.11. The molecule has 0 atom stereocenters. The van der Waals surface area contributed by atoms with E-state index >= 15 is 0 Å². The Hall–Kier alpha value is -0.990. The van der Waals surface area contributed by atoms with Crippen LogP contribution < -0.4 is 10.1 Å². The van der Waals surface area contributed by atoms with Gasteiger partial charge in [-0.1, -0.05) is 23.7 Å². The monoisotopic (exact) mass is 223 g/mol. The summed E-state index contributed by atoms with van der Waals surface area (Å²) in [5, 5.41) is 4.02. The number of hydrogen-bond acceptors (Lipinski definition) is 2. The quantitative estimate of drug-likeness (QED) is 0.796. The second-order valence-corrected chi connectivity index (χ2v) is 4.01. The fraction of sp³-hybridized carbons (Fsp3) is 0.333. The van der Waals surface area contributed by atoms with Crippen molar-refractivity contribution in [2.24, 2.45) is 0 Å². The van der Waals surface area contributed by atoms with Crippen molar-refractivity contribution in [1.29, 1.82) is 0 Å². The van der Waals surface area contributed by atoms with Gasteiger partial charge in [-0.25, -0.2) is 0 Å². The van der Waals surface area contributed by atoms with Crippen LogP contribution in [-0.4, -0.2) is 19.7 Å². The Morgan fingerprint density at radius 3 is 3.07 bits per heavy atom. The maximum Gasteiger partial charge on any atom is 0.121 e. The molecule has 1 aromatic rings. The fourth-order valence-electron chi connectivity index (χ4n) is 1.54. The Kier molecular flexibility index (Phi) is 3.64. The van der Waals surface area contributed by atoms with Crippen LogP contribution in [0.25, 0.3) is 0 Å². The summed E-state index contributed by atoms with van der Waals surface area (Å²) in [6.45, 7) is 2.65. The van der Waals surface area contributed by atoms with Gasteiger partial charge in [-0.15, -0.1) is 0 Å². The minimum atomic E-state index is 0.646. The van der Waals surface area contributed by atoms with Gasteiger partial charge >= 0.3 is 0 Å². The van der Waals surface area contributed by atoms with E-state index in [0.717, 1.165) is 25.3 Å². The molecule has 0 bridgehead atoms. The van der Waals surface area contributed by atoms with Crippen LogP contribution in [0, 0.1) is 0 Å². The number of halogens is 1. The molecule has 0 unspecified atom stereocenters. The largest absolute Gasteiger partial charge is 0.489 e. The van der Waals surface area contributed by atoms with Crippen molar-refractivity contribution in [2.75, 3.05) is 19.7 Å². The molecule has 0 amide bonds. The van der Waals surface area contributed by atoms with Crippen molar-refractivity contribution in [3.05, 3.63) is 40.9 Å². The van der Waals surface area contributed by atoms with Crippen LogP contribution >= 0.6 is 11.6 Å². The van der Waals surface area contributed by atoms with Crippen LogP contribution in [0.5, 0.6) is 5.75 Å². The number of nitrogens with one attached hydrogen (secondary N) is 1. The number of ether oxygens (including phenoxy) is 1. The molecule has 2 rings (SSSR count). The first-order valence-corrected chi connectivity index (χ1v) is 5.49. The molecule has 15 heavy (non-hydrogen) atoms. The predicted octanol–water partition coefficient (Wildman–Crippen LogP) is 2.64. The van der Waals surface area contributed by atoms with Crippen LogP contribution in [0.15, 0.2) is 35.9 Å². The van der Waals surface area contributed by atoms with Gasteiger partial charge in [0.05, 0.1) is 0 Å². The van der Waals surface area contributed by atoms with Crippen molar-refractivity contribution >= 4 is 11.6 Å². The maximum absolute atomic E-state index is 5.86. The molecule has 0 radical (unpaired) electrons. The van der Waals surface area contributed by atoms with Crippen molar-refractivity contribution in [3.8, 4) is 5.75 Å². The molecule has 1 N–H and O–H groups in total. The van der Waals surface area contributed by atoms with Gasteiger partial charge in [-0.2, -0.15) is 0 Å². The van der Waals surface area contributed by atoms with E-state index in [-0.39, 0.29) is 0 Å². The van der Waals surface area contributed by atoms with Crippen LogP contribution in [0.3, 0.4) is 0 Å². The van der Waals surface area contributed by atoms with Crippen LogP contribution in [0.4, 0.5) is 0 Å². The highest BCUT2D eigenvalue weighted by Crippen LogP contribution is 2.17. The highest BCUT2D eigenvalue weighted by Gasteiger charge is 2.03. The fourth-order valence-corrected chi connectivity index (χ4v) is 1.72. The maximum atomic E-state index is 5.86. The SMILES string of the molecule is Clc1cccc(OCC2=CCCNC2)c1. The van der Waals surface area contributed by atoms with Gasteiger partial charge in [0.1, 0.15) is 12.4 Å². The minimum Gasteiger partial charge on any atom is -0.489 e. The van der Waals surface area contributed by atoms with Crippen molar-refractivity contribution in [2.45, 2.75) is 6.42 Å². The molecule has 0 spiro atoms. The van der Waals surface area contributed by atoms with Gasteiger partial charge in [0, 0.05) is 11.6 Å². The summed E-state index contributed by atoms with van der Waals surface area (Å²) in [7, 11) is 0. The zero-order valence-electron chi connectivity index (χ0n) is 8.50. The molecule has 0 aliphatic carbocycles. The van der Waals surface area contributed by atoms with E-state index in [9.17, 15) is 0 Å². The third-order valence-electron chi connectivity index (χ3n) is 2.33. The molecule has 0 saturated carbocycles. The predicted molar refractivity (Wildman–Crippen MR) is 62.5 cm³/mol. The second-order valence-electron chi connectivity index (χ2n) is 3.57. The van der Waals surface area contributed by atoms with Gasteiger partial charge < -0.3 is 10.1 Å². The highest BCUT2D eigenvalue weighted by molar-refractivity contribution is 6.30. The average Bonchev–Trinajstić information content (AvgIpc) is 2.28. The molecule has 3 heteroatoms. The average molecular weight is 224 g/mol. The molecule has 0 saturated heterocycles. The van der Waals surface area contributed by atoms with Gasteiger partial charge in [0.15, 0.2) is 0 Å². The summed E-state index contributed by atoms with van der Waals surface area (Å²) in [6.07, 6.45) is 3.33. The van der Waals surface area contributed by atoms with E-state index in [2.05, 4.69) is 11.4 Å². The van der Waals surface area contributed by atoms with E-state index in [1.807, 2.05) is 24.3 Å². The van der Waals surface area contributed by atoms with Crippen molar-refractivity contribution in [1.82, 2.24) is 5.32 Å². The Bertz CT molecular complexity index is 362. The Morgan fingerprint density at radius 1 is 1.40 bits per heavy atom. The van der Waals surface area contributed by atoms with Crippen molar-refractivity contribution in [3.63, 3.8) is 0 Å². The summed E-state index contributed by atoms with van der Waals surface area (Å²) in [5.41, 5.74) is 1.31. The third-order valence-corrected chi connectivity index (χ3v) is 2.56. The van der Waals surface area contributed by atoms with Gasteiger partial charge in [-0.05, 0) is 36.7 Å². The lowest BCUT2D eigenvalue weighted by atomic mass is 10.2. The Morgan fingerprint density at radius 2 is 2.33 bits per heavy atom. The molecule has 0 fully saturated rings. The van der Waals surface area contributed by atoms with Gasteiger partial charge in [-0.3, -0.25) is 0 Å². The smallest absolute Gasteiger partial charge is 0.121 e. The molecule has 80 valence electrons. The molecule has 1 heterocycles. The van der Waals surface area contributed by atoms with Gasteiger partial charge in [0.25, 0.3) is 0 Å². The lowest BCUT2D eigenvalue weighted by molar-refractivity contribution is 0.345. The number of benzene rings is 1. The summed E-state index contributed by atoms with van der Waals surface area (Å²) >= 11 is 5.86. The van der Waals surface area contributed by atoms with E-state index in [1.54, 1.807) is 0 Å². The summed E-state index contributed by atoms with van der Waals surface area (Å²) in [5.74, 6) is 0.828. The second kappa shape index (κ2) is 5.19.